The number of hydrogen-bond donors (Lipinski definition) is 0. The molecule has 0 atom stereocenters. The molecule has 9 rings (SSSR count). The Morgan fingerprint density at radius 1 is 0.412 bits per heavy atom. The summed E-state index contributed by atoms with van der Waals surface area (Å²) in [6.45, 7) is 0. The molecule has 0 amide bonds. The summed E-state index contributed by atoms with van der Waals surface area (Å²) in [7, 11) is 0. The van der Waals surface area contributed by atoms with Crippen molar-refractivity contribution in [3.05, 3.63) is 211 Å². The van der Waals surface area contributed by atoms with Gasteiger partial charge in [-0.25, -0.2) is 0 Å². The van der Waals surface area contributed by atoms with Crippen molar-refractivity contribution in [1.82, 2.24) is 0 Å². The Morgan fingerprint density at radius 2 is 0.941 bits per heavy atom. The van der Waals surface area contributed by atoms with Crippen molar-refractivity contribution >= 4 is 39.7 Å². The van der Waals surface area contributed by atoms with E-state index < -0.39 is 0 Å². The summed E-state index contributed by atoms with van der Waals surface area (Å²) in [4.78, 5) is 4.75. The number of fused-ring (bicyclic) bond motifs is 2. The molecule has 0 N–H and O–H groups in total. The van der Waals surface area contributed by atoms with Gasteiger partial charge in [-0.1, -0.05) is 127 Å². The highest BCUT2D eigenvalue weighted by Gasteiger charge is 2.24. The van der Waals surface area contributed by atoms with Gasteiger partial charge >= 0.3 is 0 Å². The Kier molecular flexibility index (Phi) is 8.11. The van der Waals surface area contributed by atoms with Crippen LogP contribution in [0.1, 0.15) is 29.5 Å². The average Bonchev–Trinajstić information content (AvgIpc) is 3.21. The van der Waals surface area contributed by atoms with Crippen molar-refractivity contribution < 1.29 is 0 Å². The molecule has 2 aliphatic rings. The third kappa shape index (κ3) is 6.06. The molecule has 0 aromatic heterocycles. The van der Waals surface area contributed by atoms with Crippen LogP contribution in [-0.4, -0.2) is 0 Å². The first-order valence-corrected chi connectivity index (χ1v) is 17.9. The molecule has 51 heavy (non-hydrogen) atoms. The van der Waals surface area contributed by atoms with E-state index in [1.54, 1.807) is 0 Å². The first-order valence-electron chi connectivity index (χ1n) is 17.9. The summed E-state index contributed by atoms with van der Waals surface area (Å²) in [6.07, 6.45) is 9.99. The van der Waals surface area contributed by atoms with Crippen molar-refractivity contribution in [2.24, 2.45) is 0 Å². The Hall–Kier alpha value is -6.38. The molecule has 0 saturated carbocycles. The van der Waals surface area contributed by atoms with Gasteiger partial charge in [-0.2, -0.15) is 0 Å². The van der Waals surface area contributed by atoms with E-state index in [1.165, 1.54) is 61.6 Å². The Balaban J connectivity index is 1.06. The van der Waals surface area contributed by atoms with Crippen molar-refractivity contribution in [3.63, 3.8) is 0 Å². The van der Waals surface area contributed by atoms with Gasteiger partial charge in [0.15, 0.2) is 0 Å². The number of rotatable bonds is 7. The summed E-state index contributed by atoms with van der Waals surface area (Å²) in [5, 5.41) is 0. The van der Waals surface area contributed by atoms with Gasteiger partial charge in [0, 0.05) is 40.5 Å². The molecule has 1 aliphatic heterocycles. The van der Waals surface area contributed by atoms with Gasteiger partial charge in [0.1, 0.15) is 0 Å². The highest BCUT2D eigenvalue weighted by Crippen LogP contribution is 2.45. The van der Waals surface area contributed by atoms with Gasteiger partial charge in [0.25, 0.3) is 0 Å². The topological polar surface area (TPSA) is 6.48 Å². The monoisotopic (exact) mass is 654 g/mol. The maximum absolute atomic E-state index is 2.40. The number of benzene rings is 7. The van der Waals surface area contributed by atoms with Crippen LogP contribution in [0.3, 0.4) is 0 Å². The molecular weight excluding hydrogens is 617 g/mol. The van der Waals surface area contributed by atoms with Crippen LogP contribution in [0.15, 0.2) is 194 Å². The molecule has 7 aromatic rings. The molecule has 7 aromatic carbocycles. The average molecular weight is 655 g/mol. The predicted octanol–water partition coefficient (Wildman–Crippen LogP) is 13.6. The number of hydrogen-bond acceptors (Lipinski definition) is 2. The van der Waals surface area contributed by atoms with Crippen molar-refractivity contribution in [1.29, 1.82) is 0 Å². The first-order chi connectivity index (χ1) is 25.3. The lowest BCUT2D eigenvalue weighted by atomic mass is 9.92. The quantitative estimate of drug-likeness (QED) is 0.169. The van der Waals surface area contributed by atoms with Gasteiger partial charge in [0.2, 0.25) is 0 Å². The van der Waals surface area contributed by atoms with E-state index >= 15 is 0 Å². The van der Waals surface area contributed by atoms with E-state index in [9.17, 15) is 0 Å². The molecule has 2 nitrogen and oxygen atoms in total. The Labute approximate surface area is 300 Å². The zero-order valence-corrected chi connectivity index (χ0v) is 28.5. The second kappa shape index (κ2) is 13.5. The van der Waals surface area contributed by atoms with Crippen molar-refractivity contribution in [2.75, 3.05) is 9.80 Å². The second-order valence-electron chi connectivity index (χ2n) is 13.3. The maximum atomic E-state index is 2.40. The van der Waals surface area contributed by atoms with E-state index in [-0.39, 0.29) is 0 Å². The summed E-state index contributed by atoms with van der Waals surface area (Å²) in [5.74, 6) is 0. The van der Waals surface area contributed by atoms with Crippen LogP contribution in [0.25, 0.3) is 27.8 Å². The SMILES string of the molecule is C1=CC(c2ccc(N(c3ccc(-c4ccccc4)cc3)c3ccc(-c4ccc5c(c4)Cc4ccccc4N5c4ccccc4)cc3)cc2)=CCC1. The number of allylic oxidation sites excluding steroid dienone is 4. The van der Waals surface area contributed by atoms with Crippen LogP contribution in [-0.2, 0) is 6.42 Å². The molecule has 2 heteroatoms. The van der Waals surface area contributed by atoms with Crippen molar-refractivity contribution in [3.8, 4) is 22.3 Å². The van der Waals surface area contributed by atoms with Crippen LogP contribution in [0.4, 0.5) is 34.1 Å². The second-order valence-corrected chi connectivity index (χ2v) is 13.3. The number of para-hydroxylation sites is 2. The molecule has 0 bridgehead atoms. The Bertz CT molecular complexity index is 2350. The van der Waals surface area contributed by atoms with Crippen LogP contribution in [0.2, 0.25) is 0 Å². The highest BCUT2D eigenvalue weighted by atomic mass is 15.2. The van der Waals surface area contributed by atoms with E-state index in [1.807, 2.05) is 0 Å². The molecule has 0 unspecified atom stereocenters. The minimum absolute atomic E-state index is 0.913. The molecular formula is C49H38N2. The largest absolute Gasteiger partial charge is 0.311 e. The van der Waals surface area contributed by atoms with Gasteiger partial charge in [-0.15, -0.1) is 0 Å². The van der Waals surface area contributed by atoms with Crippen LogP contribution in [0, 0.1) is 0 Å². The third-order valence-electron chi connectivity index (χ3n) is 10.1. The van der Waals surface area contributed by atoms with Crippen LogP contribution in [0.5, 0.6) is 0 Å². The van der Waals surface area contributed by atoms with Crippen molar-refractivity contribution in [2.45, 2.75) is 19.3 Å². The molecule has 0 radical (unpaired) electrons. The zero-order chi connectivity index (χ0) is 34.0. The predicted molar refractivity (Wildman–Crippen MR) is 216 cm³/mol. The summed E-state index contributed by atoms with van der Waals surface area (Å²) < 4.78 is 0. The standard InChI is InChI=1S/C49H38N2/c1-4-12-36(13-5-1)38-20-27-45(28-21-38)50(46-29-22-39(23-30-46)37-14-6-2-7-15-37)47-31-24-40(25-32-47)41-26-33-49-43(34-41)35-42-16-10-11-19-48(42)51(49)44-17-8-3-9-18-44/h1,3-6,8-34H,2,7,35H2. The first kappa shape index (κ1) is 30.7. The Morgan fingerprint density at radius 3 is 1.59 bits per heavy atom. The fraction of sp³-hybridized carbons (Fsp3) is 0.0612. The lowest BCUT2D eigenvalue weighted by Gasteiger charge is -2.33. The van der Waals surface area contributed by atoms with Gasteiger partial charge in [-0.05, 0) is 124 Å². The van der Waals surface area contributed by atoms with Crippen LogP contribution >= 0.6 is 0 Å². The molecule has 0 fully saturated rings. The minimum atomic E-state index is 0.913. The molecule has 1 aliphatic carbocycles. The normalized spacial score (nSPS) is 13.3. The highest BCUT2D eigenvalue weighted by molar-refractivity contribution is 5.86. The van der Waals surface area contributed by atoms with Gasteiger partial charge in [-0.3, -0.25) is 0 Å². The molecule has 1 heterocycles. The van der Waals surface area contributed by atoms with E-state index in [0.717, 1.165) is 36.3 Å². The molecule has 244 valence electrons. The zero-order valence-electron chi connectivity index (χ0n) is 28.5. The van der Waals surface area contributed by atoms with Crippen LogP contribution < -0.4 is 9.80 Å². The van der Waals surface area contributed by atoms with Gasteiger partial charge < -0.3 is 9.80 Å². The fourth-order valence-electron chi connectivity index (χ4n) is 7.51. The molecule has 0 saturated heterocycles. The lowest BCUT2D eigenvalue weighted by molar-refractivity contribution is 1.04. The third-order valence-corrected chi connectivity index (χ3v) is 10.1. The van der Waals surface area contributed by atoms with E-state index in [0.29, 0.717) is 0 Å². The lowest BCUT2D eigenvalue weighted by Crippen LogP contribution is -2.18. The van der Waals surface area contributed by atoms with E-state index in [4.69, 9.17) is 0 Å². The smallest absolute Gasteiger partial charge is 0.0497 e. The van der Waals surface area contributed by atoms with E-state index in [2.05, 4.69) is 204 Å². The summed E-state index contributed by atoms with van der Waals surface area (Å²) >= 11 is 0. The minimum Gasteiger partial charge on any atom is -0.311 e. The summed E-state index contributed by atoms with van der Waals surface area (Å²) in [5.41, 5.74) is 17.2. The summed E-state index contributed by atoms with van der Waals surface area (Å²) in [6, 6.07) is 63.9. The fourth-order valence-corrected chi connectivity index (χ4v) is 7.51. The number of nitrogens with zero attached hydrogens (tertiary/aromatic N) is 2. The number of anilines is 6. The van der Waals surface area contributed by atoms with Gasteiger partial charge in [0.05, 0.1) is 0 Å². The maximum Gasteiger partial charge on any atom is 0.0497 e. The molecule has 0 spiro atoms.